The van der Waals surface area contributed by atoms with Gasteiger partial charge in [0.1, 0.15) is 13.6 Å². The Morgan fingerprint density at radius 1 is 1.50 bits per heavy atom. The van der Waals surface area contributed by atoms with Gasteiger partial charge in [0.15, 0.2) is 5.78 Å². The van der Waals surface area contributed by atoms with E-state index in [0.717, 1.165) is 16.8 Å². The van der Waals surface area contributed by atoms with Gasteiger partial charge in [-0.15, -0.1) is 0 Å². The molecule has 0 atom stereocenters. The fourth-order valence-corrected chi connectivity index (χ4v) is 1.10. The van der Waals surface area contributed by atoms with Crippen LogP contribution in [0.4, 0.5) is 0 Å². The van der Waals surface area contributed by atoms with E-state index in [1.165, 1.54) is 0 Å². The van der Waals surface area contributed by atoms with Gasteiger partial charge in [-0.2, -0.15) is 0 Å². The largest absolute Gasteiger partial charge is 0.497 e. The van der Waals surface area contributed by atoms with Crippen LogP contribution in [-0.2, 0) is 0 Å². The summed E-state index contributed by atoms with van der Waals surface area (Å²) in [6.45, 7) is 1.56. The summed E-state index contributed by atoms with van der Waals surface area (Å²) in [7, 11) is 3.54. The number of Topliss-reactive ketones (excluding diaryl/α,β-unsaturated/α-hetero) is 1. The molecule has 0 N–H and O–H groups in total. The minimum absolute atomic E-state index is 0.0840. The van der Waals surface area contributed by atoms with Gasteiger partial charge in [-0.05, 0) is 24.5 Å². The molecule has 3 heteroatoms. The Morgan fingerprint density at radius 2 is 2.17 bits per heavy atom. The molecule has 1 rings (SSSR count). The number of rotatable bonds is 2. The average Bonchev–Trinajstić information content (AvgIpc) is 2.04. The lowest BCUT2D eigenvalue weighted by Crippen LogP contribution is -2.09. The van der Waals surface area contributed by atoms with Crippen molar-refractivity contribution in [3.8, 4) is 5.75 Å². The summed E-state index contributed by atoms with van der Waals surface area (Å²) in [6.07, 6.45) is 0. The van der Waals surface area contributed by atoms with Crippen molar-refractivity contribution >= 4 is 19.1 Å². The van der Waals surface area contributed by atoms with Crippen LogP contribution in [0.2, 0.25) is 0 Å². The van der Waals surface area contributed by atoms with E-state index in [1.54, 1.807) is 20.1 Å². The Hall–Kier alpha value is -1.25. The molecule has 0 aliphatic rings. The predicted octanol–water partition coefficient (Wildman–Crippen LogP) is 0.156. The second-order valence-corrected chi connectivity index (χ2v) is 2.74. The van der Waals surface area contributed by atoms with Gasteiger partial charge in [0.2, 0.25) is 0 Å². The molecule has 1 aromatic rings. The van der Waals surface area contributed by atoms with Gasteiger partial charge >= 0.3 is 0 Å². The van der Waals surface area contributed by atoms with Crippen LogP contribution < -0.4 is 10.2 Å². The molecule has 0 fully saturated rings. The van der Waals surface area contributed by atoms with E-state index in [9.17, 15) is 4.79 Å². The molecule has 0 bridgehead atoms. The maximum absolute atomic E-state index is 11.0. The summed E-state index contributed by atoms with van der Waals surface area (Å²) in [5.74, 6) is 0.903. The highest BCUT2D eigenvalue weighted by Gasteiger charge is 2.02. The third kappa shape index (κ3) is 1.67. The second kappa shape index (κ2) is 3.43. The number of ketones is 1. The van der Waals surface area contributed by atoms with Crippen molar-refractivity contribution in [2.24, 2.45) is 0 Å². The van der Waals surface area contributed by atoms with Crippen molar-refractivity contribution < 1.29 is 9.53 Å². The molecule has 0 unspecified atom stereocenters. The first-order valence-corrected chi connectivity index (χ1v) is 3.80. The van der Waals surface area contributed by atoms with E-state index in [-0.39, 0.29) is 5.78 Å². The number of carbonyl (C=O) groups excluding carboxylic acids is 1. The van der Waals surface area contributed by atoms with Crippen molar-refractivity contribution in [1.29, 1.82) is 0 Å². The molecule has 62 valence electrons. The summed E-state index contributed by atoms with van der Waals surface area (Å²) in [5.41, 5.74) is 1.72. The third-order valence-corrected chi connectivity index (χ3v) is 1.80. The van der Waals surface area contributed by atoms with Crippen LogP contribution in [0.1, 0.15) is 17.3 Å². The second-order valence-electron chi connectivity index (χ2n) is 2.74. The van der Waals surface area contributed by atoms with Crippen LogP contribution in [0, 0.1) is 0 Å². The molecule has 0 amide bonds. The first-order chi connectivity index (χ1) is 5.65. The normalized spacial score (nSPS) is 9.50. The highest BCUT2D eigenvalue weighted by molar-refractivity contribution is 6.34. The Morgan fingerprint density at radius 3 is 2.58 bits per heavy atom. The van der Waals surface area contributed by atoms with Gasteiger partial charge in [-0.3, -0.25) is 4.79 Å². The fraction of sp³-hybridized carbons (Fsp3) is 0.222. The highest BCUT2D eigenvalue weighted by Crippen LogP contribution is 2.07. The number of hydrogen-bond donors (Lipinski definition) is 0. The molecule has 0 saturated carbocycles. The maximum Gasteiger partial charge on any atom is 0.159 e. The average molecular weight is 162 g/mol. The summed E-state index contributed by atoms with van der Waals surface area (Å²) >= 11 is 0. The Bertz CT molecular complexity index is 307. The molecule has 0 aromatic heterocycles. The van der Waals surface area contributed by atoms with E-state index >= 15 is 0 Å². The van der Waals surface area contributed by atoms with E-state index in [2.05, 4.69) is 0 Å². The van der Waals surface area contributed by atoms with Crippen LogP contribution in [0.15, 0.2) is 18.2 Å². The molecule has 0 heterocycles. The number of methoxy groups -OCH3 is 1. The van der Waals surface area contributed by atoms with Gasteiger partial charge in [0, 0.05) is 5.56 Å². The zero-order valence-corrected chi connectivity index (χ0v) is 7.55. The van der Waals surface area contributed by atoms with Gasteiger partial charge in [0.25, 0.3) is 0 Å². The van der Waals surface area contributed by atoms with Crippen molar-refractivity contribution in [2.75, 3.05) is 7.11 Å². The molecule has 12 heavy (non-hydrogen) atoms. The summed E-state index contributed by atoms with van der Waals surface area (Å²) in [4.78, 5) is 11.0. The van der Waals surface area contributed by atoms with Gasteiger partial charge in [-0.1, -0.05) is 6.07 Å². The fourth-order valence-electron chi connectivity index (χ4n) is 1.10. The summed E-state index contributed by atoms with van der Waals surface area (Å²) in [6, 6.07) is 5.42. The molecule has 1 aromatic carbocycles. The molecular formula is C9H11BO2. The molecule has 0 aliphatic carbocycles. The van der Waals surface area contributed by atoms with Crippen LogP contribution in [0.5, 0.6) is 5.75 Å². The van der Waals surface area contributed by atoms with E-state index in [0.29, 0.717) is 0 Å². The van der Waals surface area contributed by atoms with Crippen molar-refractivity contribution in [3.63, 3.8) is 0 Å². The lowest BCUT2D eigenvalue weighted by molar-refractivity contribution is 0.101. The van der Waals surface area contributed by atoms with Gasteiger partial charge in [-0.25, -0.2) is 0 Å². The van der Waals surface area contributed by atoms with Crippen LogP contribution in [-0.4, -0.2) is 20.7 Å². The lowest BCUT2D eigenvalue weighted by Gasteiger charge is -2.04. The topological polar surface area (TPSA) is 26.3 Å². The quantitative estimate of drug-likeness (QED) is 0.457. The monoisotopic (exact) mass is 162 g/mol. The molecule has 0 saturated heterocycles. The van der Waals surface area contributed by atoms with Crippen molar-refractivity contribution in [3.05, 3.63) is 23.8 Å². The standard InChI is InChI=1S/C9H11BO2/c1-6(11)7-3-4-9(12-2)8(10)5-7/h3-5H,10H2,1-2H3. The third-order valence-electron chi connectivity index (χ3n) is 1.80. The number of benzene rings is 1. The first-order valence-electron chi connectivity index (χ1n) is 3.80. The predicted molar refractivity (Wildman–Crippen MR) is 51.2 cm³/mol. The van der Waals surface area contributed by atoms with Gasteiger partial charge in [0.05, 0.1) is 7.11 Å². The smallest absolute Gasteiger partial charge is 0.159 e. The van der Waals surface area contributed by atoms with E-state index in [1.807, 2.05) is 20.0 Å². The molecule has 0 radical (unpaired) electrons. The van der Waals surface area contributed by atoms with Crippen LogP contribution >= 0.6 is 0 Å². The van der Waals surface area contributed by atoms with E-state index in [4.69, 9.17) is 4.74 Å². The molecule has 0 aliphatic heterocycles. The Balaban J connectivity index is 3.10. The summed E-state index contributed by atoms with van der Waals surface area (Å²) in [5, 5.41) is 0. The van der Waals surface area contributed by atoms with E-state index < -0.39 is 0 Å². The first kappa shape index (κ1) is 8.85. The van der Waals surface area contributed by atoms with Gasteiger partial charge < -0.3 is 4.74 Å². The Kier molecular flexibility index (Phi) is 2.53. The van der Waals surface area contributed by atoms with Crippen molar-refractivity contribution in [2.45, 2.75) is 6.92 Å². The molecule has 2 nitrogen and oxygen atoms in total. The minimum atomic E-state index is 0.0840. The maximum atomic E-state index is 11.0. The number of carbonyl (C=O) groups is 1. The SMILES string of the molecule is Bc1cc(C(C)=O)ccc1OC. The lowest BCUT2D eigenvalue weighted by atomic mass is 9.92. The Labute approximate surface area is 73.0 Å². The zero-order valence-electron chi connectivity index (χ0n) is 7.55. The minimum Gasteiger partial charge on any atom is -0.497 e. The highest BCUT2D eigenvalue weighted by atomic mass is 16.5. The zero-order chi connectivity index (χ0) is 9.14. The number of hydrogen-bond acceptors (Lipinski definition) is 2. The molecular weight excluding hydrogens is 151 g/mol. The molecule has 0 spiro atoms. The van der Waals surface area contributed by atoms with Crippen LogP contribution in [0.25, 0.3) is 0 Å². The summed E-state index contributed by atoms with van der Waals surface area (Å²) < 4.78 is 5.07. The van der Waals surface area contributed by atoms with Crippen molar-refractivity contribution in [1.82, 2.24) is 0 Å². The number of ether oxygens (including phenoxy) is 1. The van der Waals surface area contributed by atoms with Crippen LogP contribution in [0.3, 0.4) is 0 Å².